The van der Waals surface area contributed by atoms with E-state index in [9.17, 15) is 4.39 Å². The number of nitriles is 1. The van der Waals surface area contributed by atoms with Gasteiger partial charge in [0.25, 0.3) is 0 Å². The van der Waals surface area contributed by atoms with Gasteiger partial charge in [0.2, 0.25) is 0 Å². The van der Waals surface area contributed by atoms with Gasteiger partial charge in [-0.1, -0.05) is 6.07 Å². The quantitative estimate of drug-likeness (QED) is 0.703. The van der Waals surface area contributed by atoms with Gasteiger partial charge < -0.3 is 4.57 Å². The Hall–Kier alpha value is -1.82. The molecule has 0 saturated heterocycles. The van der Waals surface area contributed by atoms with Crippen LogP contribution in [0.5, 0.6) is 0 Å². The van der Waals surface area contributed by atoms with Crippen LogP contribution >= 0.6 is 0 Å². The lowest BCUT2D eigenvalue weighted by Gasteiger charge is -2.02. The Kier molecular flexibility index (Phi) is 2.68. The van der Waals surface area contributed by atoms with E-state index < -0.39 is 0 Å². The van der Waals surface area contributed by atoms with Crippen molar-refractivity contribution in [3.8, 4) is 6.07 Å². The normalized spacial score (nSPS) is 10.4. The number of fused-ring (bicyclic) bond motifs is 1. The van der Waals surface area contributed by atoms with Crippen LogP contribution in [-0.4, -0.2) is 4.57 Å². The molecule has 2 rings (SSSR count). The maximum absolute atomic E-state index is 13.3. The van der Waals surface area contributed by atoms with E-state index in [4.69, 9.17) is 5.26 Å². The molecule has 0 aliphatic rings. The van der Waals surface area contributed by atoms with Crippen molar-refractivity contribution in [3.63, 3.8) is 0 Å². The summed E-state index contributed by atoms with van der Waals surface area (Å²) in [6.07, 6.45) is 3.21. The molecule has 1 heterocycles. The predicted molar refractivity (Wildman–Crippen MR) is 56.7 cm³/mol. The molecule has 0 radical (unpaired) electrons. The van der Waals surface area contributed by atoms with Gasteiger partial charge in [0.1, 0.15) is 5.82 Å². The van der Waals surface area contributed by atoms with Crippen LogP contribution in [0.15, 0.2) is 30.5 Å². The van der Waals surface area contributed by atoms with Gasteiger partial charge in [-0.2, -0.15) is 5.26 Å². The van der Waals surface area contributed by atoms with Crippen molar-refractivity contribution in [2.24, 2.45) is 0 Å². The molecule has 0 spiro atoms. The number of rotatable bonds is 3. The fraction of sp³-hybridized carbons (Fsp3) is 0.250. The van der Waals surface area contributed by atoms with Gasteiger partial charge in [-0.15, -0.1) is 0 Å². The van der Waals surface area contributed by atoms with Crippen molar-refractivity contribution in [3.05, 3.63) is 36.3 Å². The largest absolute Gasteiger partial charge is 0.347 e. The van der Waals surface area contributed by atoms with E-state index in [0.717, 1.165) is 18.5 Å². The smallest absolute Gasteiger partial charge is 0.132 e. The second-order valence-corrected chi connectivity index (χ2v) is 3.44. The minimum absolute atomic E-state index is 0.188. The summed E-state index contributed by atoms with van der Waals surface area (Å²) in [4.78, 5) is 0. The van der Waals surface area contributed by atoms with Crippen molar-refractivity contribution in [1.82, 2.24) is 4.57 Å². The Morgan fingerprint density at radius 2 is 2.20 bits per heavy atom. The van der Waals surface area contributed by atoms with Gasteiger partial charge in [0.05, 0.1) is 11.6 Å². The zero-order chi connectivity index (χ0) is 10.7. The van der Waals surface area contributed by atoms with Crippen molar-refractivity contribution in [1.29, 1.82) is 5.26 Å². The fourth-order valence-corrected chi connectivity index (χ4v) is 1.71. The van der Waals surface area contributed by atoms with Gasteiger partial charge in [-0.3, -0.25) is 0 Å². The van der Waals surface area contributed by atoms with Crippen LogP contribution < -0.4 is 0 Å². The minimum atomic E-state index is -0.188. The number of halogens is 1. The molecular weight excluding hydrogens is 191 g/mol. The number of hydrogen-bond donors (Lipinski definition) is 0. The first-order chi connectivity index (χ1) is 7.33. The summed E-state index contributed by atoms with van der Waals surface area (Å²) in [6, 6.07) is 8.94. The average Bonchev–Trinajstić information content (AvgIpc) is 2.64. The minimum Gasteiger partial charge on any atom is -0.347 e. The van der Waals surface area contributed by atoms with E-state index in [-0.39, 0.29) is 5.82 Å². The lowest BCUT2D eigenvalue weighted by molar-refractivity contribution is 0.638. The first kappa shape index (κ1) is 9.72. The Morgan fingerprint density at radius 1 is 1.33 bits per heavy atom. The number of hydrogen-bond acceptors (Lipinski definition) is 1. The first-order valence-corrected chi connectivity index (χ1v) is 4.93. The molecule has 0 amide bonds. The molecule has 1 aromatic heterocycles. The Labute approximate surface area is 87.6 Å². The molecule has 0 N–H and O–H groups in total. The van der Waals surface area contributed by atoms with Crippen molar-refractivity contribution in [2.75, 3.05) is 0 Å². The monoisotopic (exact) mass is 202 g/mol. The molecule has 2 aromatic rings. The maximum atomic E-state index is 13.3. The van der Waals surface area contributed by atoms with E-state index in [1.807, 2.05) is 16.8 Å². The number of aromatic nitrogens is 1. The molecule has 15 heavy (non-hydrogen) atoms. The molecule has 0 aliphatic carbocycles. The highest BCUT2D eigenvalue weighted by Gasteiger charge is 2.03. The van der Waals surface area contributed by atoms with E-state index in [1.54, 1.807) is 12.1 Å². The first-order valence-electron chi connectivity index (χ1n) is 4.93. The van der Waals surface area contributed by atoms with Gasteiger partial charge >= 0.3 is 0 Å². The van der Waals surface area contributed by atoms with Crippen LogP contribution in [0.4, 0.5) is 4.39 Å². The summed E-state index contributed by atoms with van der Waals surface area (Å²) in [7, 11) is 0. The standard InChI is InChI=1S/C12H11FN2/c13-11-4-3-5-12-10(11)6-9-15(12)8-2-1-7-14/h3-6,9H,1-2,8H2. The van der Waals surface area contributed by atoms with Gasteiger partial charge in [0, 0.05) is 24.5 Å². The molecule has 76 valence electrons. The molecule has 0 fully saturated rings. The zero-order valence-electron chi connectivity index (χ0n) is 8.28. The van der Waals surface area contributed by atoms with E-state index in [0.29, 0.717) is 11.8 Å². The zero-order valence-corrected chi connectivity index (χ0v) is 8.28. The molecule has 2 nitrogen and oxygen atoms in total. The Balaban J connectivity index is 2.30. The lowest BCUT2D eigenvalue weighted by atomic mass is 10.2. The third-order valence-corrected chi connectivity index (χ3v) is 2.45. The van der Waals surface area contributed by atoms with Crippen LogP contribution in [0.1, 0.15) is 12.8 Å². The predicted octanol–water partition coefficient (Wildman–Crippen LogP) is 3.08. The molecule has 0 aliphatic heterocycles. The lowest BCUT2D eigenvalue weighted by Crippen LogP contribution is -1.95. The summed E-state index contributed by atoms with van der Waals surface area (Å²) in [5, 5.41) is 9.08. The highest BCUT2D eigenvalue weighted by Crippen LogP contribution is 2.19. The van der Waals surface area contributed by atoms with Gasteiger partial charge in [-0.25, -0.2) is 4.39 Å². The van der Waals surface area contributed by atoms with Crippen molar-refractivity contribution >= 4 is 10.9 Å². The second-order valence-electron chi connectivity index (χ2n) is 3.44. The van der Waals surface area contributed by atoms with Crippen molar-refractivity contribution in [2.45, 2.75) is 19.4 Å². The molecule has 3 heteroatoms. The number of unbranched alkanes of at least 4 members (excludes halogenated alkanes) is 1. The summed E-state index contributed by atoms with van der Waals surface area (Å²) >= 11 is 0. The van der Waals surface area contributed by atoms with Crippen LogP contribution in [0, 0.1) is 17.1 Å². The molecular formula is C12H11FN2. The molecule has 0 atom stereocenters. The van der Waals surface area contributed by atoms with Gasteiger partial charge in [-0.05, 0) is 24.6 Å². The SMILES string of the molecule is N#CCCCn1ccc2c(F)cccc21. The summed E-state index contributed by atoms with van der Waals surface area (Å²) in [5.41, 5.74) is 0.896. The summed E-state index contributed by atoms with van der Waals surface area (Å²) < 4.78 is 15.3. The average molecular weight is 202 g/mol. The Morgan fingerprint density at radius 3 is 3.00 bits per heavy atom. The Bertz CT molecular complexity index is 508. The number of aryl methyl sites for hydroxylation is 1. The van der Waals surface area contributed by atoms with Crippen LogP contribution in [0.25, 0.3) is 10.9 Å². The number of benzene rings is 1. The van der Waals surface area contributed by atoms with Crippen molar-refractivity contribution < 1.29 is 4.39 Å². The van der Waals surface area contributed by atoms with E-state index >= 15 is 0 Å². The van der Waals surface area contributed by atoms with Gasteiger partial charge in [0.15, 0.2) is 0 Å². The third-order valence-electron chi connectivity index (χ3n) is 2.45. The van der Waals surface area contributed by atoms with Crippen LogP contribution in [-0.2, 0) is 6.54 Å². The highest BCUT2D eigenvalue weighted by molar-refractivity contribution is 5.80. The van der Waals surface area contributed by atoms with Crippen LogP contribution in [0.2, 0.25) is 0 Å². The fourth-order valence-electron chi connectivity index (χ4n) is 1.71. The third kappa shape index (κ3) is 1.84. The topological polar surface area (TPSA) is 28.7 Å². The van der Waals surface area contributed by atoms with E-state index in [2.05, 4.69) is 6.07 Å². The number of nitrogens with zero attached hydrogens (tertiary/aromatic N) is 2. The second kappa shape index (κ2) is 4.14. The van der Waals surface area contributed by atoms with E-state index in [1.165, 1.54) is 6.07 Å². The molecule has 1 aromatic carbocycles. The summed E-state index contributed by atoms with van der Waals surface area (Å²) in [5.74, 6) is -0.188. The van der Waals surface area contributed by atoms with Crippen LogP contribution in [0.3, 0.4) is 0 Å². The molecule has 0 bridgehead atoms. The summed E-state index contributed by atoms with van der Waals surface area (Å²) in [6.45, 7) is 0.764. The molecule has 0 saturated carbocycles. The maximum Gasteiger partial charge on any atom is 0.132 e. The highest BCUT2D eigenvalue weighted by atomic mass is 19.1. The molecule has 0 unspecified atom stereocenters.